The van der Waals surface area contributed by atoms with Crippen LogP contribution >= 0.6 is 0 Å². The average molecular weight is 409 g/mol. The maximum atomic E-state index is 13.0. The van der Waals surface area contributed by atoms with Crippen LogP contribution in [0.2, 0.25) is 0 Å². The number of amides is 1. The van der Waals surface area contributed by atoms with Crippen molar-refractivity contribution in [3.63, 3.8) is 0 Å². The highest BCUT2D eigenvalue weighted by Gasteiger charge is 2.22. The van der Waals surface area contributed by atoms with Gasteiger partial charge in [0.2, 0.25) is 0 Å². The lowest BCUT2D eigenvalue weighted by Gasteiger charge is -2.34. The van der Waals surface area contributed by atoms with Gasteiger partial charge in [-0.1, -0.05) is 42.5 Å². The van der Waals surface area contributed by atoms with Crippen molar-refractivity contribution in [3.8, 4) is 5.75 Å². The second-order valence-corrected chi connectivity index (χ2v) is 7.30. The van der Waals surface area contributed by atoms with Crippen molar-refractivity contribution in [2.45, 2.75) is 20.5 Å². The van der Waals surface area contributed by atoms with Crippen LogP contribution in [0.15, 0.2) is 54.6 Å². The van der Waals surface area contributed by atoms with Crippen molar-refractivity contribution in [2.24, 2.45) is 0 Å². The van der Waals surface area contributed by atoms with Crippen LogP contribution in [0.3, 0.4) is 0 Å². The molecule has 1 fully saturated rings. The number of piperazine rings is 1. The lowest BCUT2D eigenvalue weighted by Crippen LogP contribution is -2.48. The number of hydrogen-bond acceptors (Lipinski definition) is 4. The molecule has 1 saturated heterocycles. The number of carbonyl (C=O) groups is 1. The Morgan fingerprint density at radius 1 is 1.00 bits per heavy atom. The number of carbonyl (C=O) groups excluding carboxylic acids is 1. The molecule has 0 radical (unpaired) electrons. The van der Waals surface area contributed by atoms with E-state index in [2.05, 4.69) is 29.2 Å². The fourth-order valence-corrected chi connectivity index (χ4v) is 3.55. The standard InChI is InChI=1S/C25H32N2O3/c1-3-29-20-23-19-22(12-13-24(23)30-4-2)25(28)27-17-15-26(16-18-27)14-8-11-21-9-6-5-7-10-21/h5-13,19H,3-4,14-18,20H2,1-2H3/b11-8+. The number of ether oxygens (including phenoxy) is 2. The lowest BCUT2D eigenvalue weighted by atomic mass is 10.1. The second kappa shape index (κ2) is 11.5. The zero-order chi connectivity index (χ0) is 21.2. The Balaban J connectivity index is 1.54. The van der Waals surface area contributed by atoms with Crippen LogP contribution in [0.4, 0.5) is 0 Å². The van der Waals surface area contributed by atoms with Crippen molar-refractivity contribution in [3.05, 3.63) is 71.3 Å². The minimum Gasteiger partial charge on any atom is -0.494 e. The molecule has 30 heavy (non-hydrogen) atoms. The smallest absolute Gasteiger partial charge is 0.253 e. The molecule has 0 saturated carbocycles. The summed E-state index contributed by atoms with van der Waals surface area (Å²) in [7, 11) is 0. The van der Waals surface area contributed by atoms with Gasteiger partial charge in [-0.15, -0.1) is 0 Å². The topological polar surface area (TPSA) is 42.0 Å². The predicted molar refractivity (Wildman–Crippen MR) is 121 cm³/mol. The minimum absolute atomic E-state index is 0.0790. The van der Waals surface area contributed by atoms with E-state index >= 15 is 0 Å². The largest absolute Gasteiger partial charge is 0.494 e. The summed E-state index contributed by atoms with van der Waals surface area (Å²) >= 11 is 0. The Bertz CT molecular complexity index is 828. The summed E-state index contributed by atoms with van der Waals surface area (Å²) in [4.78, 5) is 17.3. The first kappa shape index (κ1) is 22.1. The first-order chi connectivity index (χ1) is 14.7. The van der Waals surface area contributed by atoms with Crippen LogP contribution in [0.25, 0.3) is 6.08 Å². The molecule has 160 valence electrons. The summed E-state index contributed by atoms with van der Waals surface area (Å²) in [6.45, 7) is 9.74. The molecule has 2 aromatic rings. The summed E-state index contributed by atoms with van der Waals surface area (Å²) in [6.07, 6.45) is 4.34. The molecule has 1 amide bonds. The van der Waals surface area contributed by atoms with E-state index in [1.807, 2.05) is 55.1 Å². The summed E-state index contributed by atoms with van der Waals surface area (Å²) in [6, 6.07) is 16.0. The summed E-state index contributed by atoms with van der Waals surface area (Å²) in [5, 5.41) is 0. The van der Waals surface area contributed by atoms with E-state index in [0.29, 0.717) is 25.4 Å². The Morgan fingerprint density at radius 3 is 2.47 bits per heavy atom. The van der Waals surface area contributed by atoms with Crippen molar-refractivity contribution in [2.75, 3.05) is 45.9 Å². The summed E-state index contributed by atoms with van der Waals surface area (Å²) in [5.74, 6) is 0.868. The zero-order valence-corrected chi connectivity index (χ0v) is 18.0. The number of hydrogen-bond donors (Lipinski definition) is 0. The van der Waals surface area contributed by atoms with Crippen molar-refractivity contribution >= 4 is 12.0 Å². The number of nitrogens with zero attached hydrogens (tertiary/aromatic N) is 2. The molecule has 0 spiro atoms. The van der Waals surface area contributed by atoms with Crippen LogP contribution in [-0.2, 0) is 11.3 Å². The van der Waals surface area contributed by atoms with E-state index in [0.717, 1.165) is 44.0 Å². The van der Waals surface area contributed by atoms with E-state index in [-0.39, 0.29) is 5.91 Å². The first-order valence-corrected chi connectivity index (χ1v) is 10.8. The van der Waals surface area contributed by atoms with Crippen LogP contribution in [-0.4, -0.2) is 61.6 Å². The van der Waals surface area contributed by atoms with Gasteiger partial charge in [-0.2, -0.15) is 0 Å². The molecule has 0 aromatic heterocycles. The zero-order valence-electron chi connectivity index (χ0n) is 18.0. The van der Waals surface area contributed by atoms with Crippen LogP contribution in [0.5, 0.6) is 5.75 Å². The third-order valence-corrected chi connectivity index (χ3v) is 5.20. The van der Waals surface area contributed by atoms with Gasteiger partial charge in [-0.05, 0) is 37.6 Å². The maximum Gasteiger partial charge on any atom is 0.253 e. The quantitative estimate of drug-likeness (QED) is 0.627. The molecule has 2 aromatic carbocycles. The second-order valence-electron chi connectivity index (χ2n) is 7.30. The van der Waals surface area contributed by atoms with Gasteiger partial charge in [0.15, 0.2) is 0 Å². The van der Waals surface area contributed by atoms with Gasteiger partial charge in [-0.3, -0.25) is 9.69 Å². The molecule has 1 heterocycles. The van der Waals surface area contributed by atoms with E-state index in [9.17, 15) is 4.79 Å². The molecular formula is C25H32N2O3. The average Bonchev–Trinajstić information content (AvgIpc) is 2.79. The molecule has 5 nitrogen and oxygen atoms in total. The number of benzene rings is 2. The SMILES string of the molecule is CCOCc1cc(C(=O)N2CCN(C/C=C/c3ccccc3)CC2)ccc1OCC. The monoisotopic (exact) mass is 408 g/mol. The molecular weight excluding hydrogens is 376 g/mol. The highest BCUT2D eigenvalue weighted by atomic mass is 16.5. The third-order valence-electron chi connectivity index (χ3n) is 5.20. The van der Waals surface area contributed by atoms with Gasteiger partial charge >= 0.3 is 0 Å². The van der Waals surface area contributed by atoms with Crippen LogP contribution in [0.1, 0.15) is 35.3 Å². The fraction of sp³-hybridized carbons (Fsp3) is 0.400. The molecule has 1 aliphatic heterocycles. The predicted octanol–water partition coefficient (Wildman–Crippen LogP) is 4.09. The summed E-state index contributed by atoms with van der Waals surface area (Å²) < 4.78 is 11.2. The van der Waals surface area contributed by atoms with Crippen LogP contribution < -0.4 is 4.74 Å². The summed E-state index contributed by atoms with van der Waals surface area (Å²) in [5.41, 5.74) is 2.84. The Hall–Kier alpha value is -2.63. The molecule has 0 unspecified atom stereocenters. The Labute approximate surface area is 179 Å². The third kappa shape index (κ3) is 6.18. The minimum atomic E-state index is 0.0790. The first-order valence-electron chi connectivity index (χ1n) is 10.8. The molecule has 0 atom stereocenters. The highest BCUT2D eigenvalue weighted by molar-refractivity contribution is 5.94. The Kier molecular flexibility index (Phi) is 8.48. The molecule has 0 bridgehead atoms. The van der Waals surface area contributed by atoms with Gasteiger partial charge in [-0.25, -0.2) is 0 Å². The van der Waals surface area contributed by atoms with Crippen molar-refractivity contribution < 1.29 is 14.3 Å². The maximum absolute atomic E-state index is 13.0. The van der Waals surface area contributed by atoms with Gasteiger partial charge in [0.1, 0.15) is 5.75 Å². The molecule has 0 aliphatic carbocycles. The van der Waals surface area contributed by atoms with Crippen molar-refractivity contribution in [1.82, 2.24) is 9.80 Å². The Morgan fingerprint density at radius 2 is 1.77 bits per heavy atom. The van der Waals surface area contributed by atoms with E-state index in [1.54, 1.807) is 0 Å². The lowest BCUT2D eigenvalue weighted by molar-refractivity contribution is 0.0650. The van der Waals surface area contributed by atoms with E-state index in [4.69, 9.17) is 9.47 Å². The molecule has 1 aliphatic rings. The molecule has 5 heteroatoms. The molecule has 0 N–H and O–H groups in total. The fourth-order valence-electron chi connectivity index (χ4n) is 3.55. The van der Waals surface area contributed by atoms with Gasteiger partial charge in [0, 0.05) is 50.5 Å². The highest BCUT2D eigenvalue weighted by Crippen LogP contribution is 2.22. The van der Waals surface area contributed by atoms with E-state index in [1.165, 1.54) is 5.56 Å². The normalized spacial score (nSPS) is 14.9. The van der Waals surface area contributed by atoms with Gasteiger partial charge in [0.05, 0.1) is 13.2 Å². The van der Waals surface area contributed by atoms with Crippen molar-refractivity contribution in [1.29, 1.82) is 0 Å². The van der Waals surface area contributed by atoms with E-state index < -0.39 is 0 Å². The number of rotatable bonds is 9. The molecule has 3 rings (SSSR count). The van der Waals surface area contributed by atoms with Gasteiger partial charge in [0.25, 0.3) is 5.91 Å². The van der Waals surface area contributed by atoms with Crippen LogP contribution in [0, 0.1) is 0 Å². The van der Waals surface area contributed by atoms with Gasteiger partial charge < -0.3 is 14.4 Å².